The molecule has 3 aromatic heterocycles. The molecule has 0 saturated carbocycles. The van der Waals surface area contributed by atoms with Crippen LogP contribution in [0.2, 0.25) is 0 Å². The van der Waals surface area contributed by atoms with Gasteiger partial charge in [0.05, 0.1) is 29.9 Å². The summed E-state index contributed by atoms with van der Waals surface area (Å²) in [5.74, 6) is -1.55. The molecule has 0 saturated heterocycles. The smallest absolute Gasteiger partial charge is 0.182 e. The highest BCUT2D eigenvalue weighted by Crippen LogP contribution is 2.31. The molecule has 0 radical (unpaired) electrons. The Labute approximate surface area is 200 Å². The van der Waals surface area contributed by atoms with Gasteiger partial charge in [-0.05, 0) is 49.7 Å². The lowest BCUT2D eigenvalue weighted by Crippen LogP contribution is -2.37. The predicted molar refractivity (Wildman–Crippen MR) is 124 cm³/mol. The molecule has 35 heavy (non-hydrogen) atoms. The first-order chi connectivity index (χ1) is 16.8. The Morgan fingerprint density at radius 3 is 2.40 bits per heavy atom. The topological polar surface area (TPSA) is 97.0 Å². The molecule has 3 heterocycles. The van der Waals surface area contributed by atoms with Crippen molar-refractivity contribution >= 4 is 11.4 Å². The Kier molecular flexibility index (Phi) is 6.90. The van der Waals surface area contributed by atoms with Crippen molar-refractivity contribution in [3.8, 4) is 5.75 Å². The zero-order valence-corrected chi connectivity index (χ0v) is 19.3. The number of Topliss-reactive ketones (excluding diaryl/α,β-unsaturated/α-hetero) is 1. The van der Waals surface area contributed by atoms with Gasteiger partial charge in [0, 0.05) is 24.5 Å². The SMILES string of the molecule is Cc1ccc(C(CO)(CO)CC(=O)c2c(C)nc3c(OCc4c(F)cccc4F)cccn23)cn1. The number of aliphatic hydroxyl groups excluding tert-OH is 2. The average molecular weight is 481 g/mol. The molecule has 4 aromatic rings. The number of hydrogen-bond acceptors (Lipinski definition) is 6. The monoisotopic (exact) mass is 481 g/mol. The molecule has 0 aliphatic heterocycles. The lowest BCUT2D eigenvalue weighted by molar-refractivity contribution is 0.0781. The zero-order valence-electron chi connectivity index (χ0n) is 19.3. The Morgan fingerprint density at radius 1 is 1.06 bits per heavy atom. The highest BCUT2D eigenvalue weighted by atomic mass is 19.1. The fourth-order valence-corrected chi connectivity index (χ4v) is 4.04. The maximum absolute atomic E-state index is 14.0. The van der Waals surface area contributed by atoms with Gasteiger partial charge < -0.3 is 14.9 Å². The van der Waals surface area contributed by atoms with Crippen LogP contribution in [-0.4, -0.2) is 43.6 Å². The number of ketones is 1. The van der Waals surface area contributed by atoms with Crippen molar-refractivity contribution in [1.82, 2.24) is 14.4 Å². The fourth-order valence-electron chi connectivity index (χ4n) is 4.04. The first-order valence-corrected chi connectivity index (χ1v) is 11.0. The molecule has 0 aliphatic rings. The maximum atomic E-state index is 14.0. The van der Waals surface area contributed by atoms with Crippen LogP contribution in [0.1, 0.15) is 39.4 Å². The molecule has 7 nitrogen and oxygen atoms in total. The molecule has 0 atom stereocenters. The minimum atomic E-state index is -1.23. The largest absolute Gasteiger partial charge is 0.485 e. The number of hydrogen-bond donors (Lipinski definition) is 2. The van der Waals surface area contributed by atoms with Gasteiger partial charge in [0.1, 0.15) is 23.9 Å². The second-order valence-corrected chi connectivity index (χ2v) is 8.49. The van der Waals surface area contributed by atoms with Crippen LogP contribution >= 0.6 is 0 Å². The molecule has 0 fully saturated rings. The molecule has 182 valence electrons. The Bertz CT molecular complexity index is 1350. The summed E-state index contributed by atoms with van der Waals surface area (Å²) in [5.41, 5.74) is 0.847. The number of ether oxygens (including phenoxy) is 1. The quantitative estimate of drug-likeness (QED) is 0.354. The summed E-state index contributed by atoms with van der Waals surface area (Å²) >= 11 is 0. The highest BCUT2D eigenvalue weighted by Gasteiger charge is 2.36. The van der Waals surface area contributed by atoms with Crippen LogP contribution in [0.3, 0.4) is 0 Å². The number of carbonyl (C=O) groups excluding carboxylic acids is 1. The summed E-state index contributed by atoms with van der Waals surface area (Å²) in [5, 5.41) is 20.3. The van der Waals surface area contributed by atoms with Crippen molar-refractivity contribution in [2.75, 3.05) is 13.2 Å². The summed E-state index contributed by atoms with van der Waals surface area (Å²) in [6.07, 6.45) is 2.99. The molecule has 1 aromatic carbocycles. The number of aryl methyl sites for hydroxylation is 2. The number of rotatable bonds is 9. The van der Waals surface area contributed by atoms with E-state index in [2.05, 4.69) is 9.97 Å². The third kappa shape index (κ3) is 4.65. The number of aromatic nitrogens is 3. The van der Waals surface area contributed by atoms with Gasteiger partial charge in [0.2, 0.25) is 0 Å². The molecule has 0 unspecified atom stereocenters. The van der Waals surface area contributed by atoms with Crippen molar-refractivity contribution < 1.29 is 28.5 Å². The lowest BCUT2D eigenvalue weighted by atomic mass is 9.77. The van der Waals surface area contributed by atoms with Crippen molar-refractivity contribution in [2.45, 2.75) is 32.3 Å². The number of pyridine rings is 2. The van der Waals surface area contributed by atoms with E-state index in [1.54, 1.807) is 43.6 Å². The van der Waals surface area contributed by atoms with E-state index in [9.17, 15) is 23.8 Å². The summed E-state index contributed by atoms with van der Waals surface area (Å²) in [4.78, 5) is 22.1. The first kappa shape index (κ1) is 24.4. The molecule has 9 heteroatoms. The van der Waals surface area contributed by atoms with Crippen molar-refractivity contribution in [3.05, 3.63) is 94.7 Å². The van der Waals surface area contributed by atoms with Crippen LogP contribution in [0, 0.1) is 25.5 Å². The summed E-state index contributed by atoms with van der Waals surface area (Å²) in [7, 11) is 0. The van der Waals surface area contributed by atoms with Gasteiger partial charge in [-0.25, -0.2) is 13.8 Å². The number of carbonyl (C=O) groups is 1. The van der Waals surface area contributed by atoms with Crippen LogP contribution in [0.15, 0.2) is 54.9 Å². The second-order valence-electron chi connectivity index (χ2n) is 8.49. The minimum absolute atomic E-state index is 0.190. The van der Waals surface area contributed by atoms with E-state index in [0.717, 1.165) is 17.8 Å². The van der Waals surface area contributed by atoms with E-state index in [4.69, 9.17) is 4.74 Å². The van der Waals surface area contributed by atoms with Crippen molar-refractivity contribution in [3.63, 3.8) is 0 Å². The first-order valence-electron chi connectivity index (χ1n) is 11.0. The van der Waals surface area contributed by atoms with Gasteiger partial charge in [-0.15, -0.1) is 0 Å². The molecular weight excluding hydrogens is 456 g/mol. The van der Waals surface area contributed by atoms with Gasteiger partial charge in [-0.1, -0.05) is 12.1 Å². The van der Waals surface area contributed by atoms with Crippen molar-refractivity contribution in [1.29, 1.82) is 0 Å². The molecule has 2 N–H and O–H groups in total. The van der Waals surface area contributed by atoms with E-state index < -0.39 is 30.3 Å². The Morgan fingerprint density at radius 2 is 1.77 bits per heavy atom. The minimum Gasteiger partial charge on any atom is -0.485 e. The predicted octanol–water partition coefficient (Wildman–Crippen LogP) is 3.70. The number of fused-ring (bicyclic) bond motifs is 1. The molecule has 4 rings (SSSR count). The number of imidazole rings is 1. The van der Waals surface area contributed by atoms with Crippen LogP contribution in [0.25, 0.3) is 5.65 Å². The van der Waals surface area contributed by atoms with Gasteiger partial charge >= 0.3 is 0 Å². The normalized spacial score (nSPS) is 11.7. The summed E-state index contributed by atoms with van der Waals surface area (Å²) < 4.78 is 35.2. The zero-order chi connectivity index (χ0) is 25.2. The van der Waals surface area contributed by atoms with E-state index in [1.807, 2.05) is 6.92 Å². The third-order valence-electron chi connectivity index (χ3n) is 6.11. The standard InChI is InChI=1S/C26H25F2N3O4/c1-16-8-9-18(12-29-16)26(14-32,15-33)11-22(34)24-17(2)30-25-23(7-4-10-31(24)25)35-13-19-20(27)5-3-6-21(19)28/h3-10,12,32-33H,11,13-15H2,1-2H3. The molecule has 0 spiro atoms. The van der Waals surface area contributed by atoms with Gasteiger partial charge in [-0.2, -0.15) is 0 Å². The highest BCUT2D eigenvalue weighted by molar-refractivity contribution is 5.97. The number of benzene rings is 1. The Hall–Kier alpha value is -3.69. The maximum Gasteiger partial charge on any atom is 0.182 e. The van der Waals surface area contributed by atoms with E-state index >= 15 is 0 Å². The van der Waals surface area contributed by atoms with E-state index in [0.29, 0.717) is 16.9 Å². The molecule has 0 aliphatic carbocycles. The van der Waals surface area contributed by atoms with Crippen LogP contribution in [0.5, 0.6) is 5.75 Å². The second kappa shape index (κ2) is 9.89. The van der Waals surface area contributed by atoms with Crippen LogP contribution in [0.4, 0.5) is 8.78 Å². The summed E-state index contributed by atoms with van der Waals surface area (Å²) in [6.45, 7) is 2.20. The molecule has 0 bridgehead atoms. The third-order valence-corrected chi connectivity index (χ3v) is 6.11. The van der Waals surface area contributed by atoms with Gasteiger partial charge in [-0.3, -0.25) is 14.2 Å². The van der Waals surface area contributed by atoms with Crippen molar-refractivity contribution in [2.24, 2.45) is 0 Å². The number of halogens is 2. The number of nitrogens with zero attached hydrogens (tertiary/aromatic N) is 3. The van der Waals surface area contributed by atoms with Crippen LogP contribution in [-0.2, 0) is 12.0 Å². The Balaban J connectivity index is 1.66. The number of aliphatic hydroxyl groups is 2. The molecular formula is C26H25F2N3O4. The van der Waals surface area contributed by atoms with Gasteiger partial charge in [0.25, 0.3) is 0 Å². The molecule has 0 amide bonds. The lowest BCUT2D eigenvalue weighted by Gasteiger charge is -2.29. The van der Waals surface area contributed by atoms with E-state index in [1.165, 1.54) is 10.5 Å². The fraction of sp³-hybridized carbons (Fsp3) is 0.269. The summed E-state index contributed by atoms with van der Waals surface area (Å²) in [6, 6.07) is 10.3. The van der Waals surface area contributed by atoms with Gasteiger partial charge in [0.15, 0.2) is 17.2 Å². The average Bonchev–Trinajstić information content (AvgIpc) is 3.19. The van der Waals surface area contributed by atoms with E-state index in [-0.39, 0.29) is 35.8 Å². The van der Waals surface area contributed by atoms with Crippen LogP contribution < -0.4 is 4.74 Å².